The number of halogens is 1. The molecule has 4 rings (SSSR count). The molecule has 2 aromatic heterocycles. The van der Waals surface area contributed by atoms with Crippen LogP contribution in [-0.2, 0) is 16.6 Å². The summed E-state index contributed by atoms with van der Waals surface area (Å²) >= 11 is 7.59. The number of thiazole rings is 1. The second-order valence-corrected chi connectivity index (χ2v) is 8.63. The molecule has 2 heterocycles. The number of carbonyl (C=O) groups excluding carboxylic acids is 1. The van der Waals surface area contributed by atoms with E-state index in [0.717, 1.165) is 34.1 Å². The number of hydrogen-bond donors (Lipinski definition) is 1. The molecule has 0 unspecified atom stereocenters. The molecule has 1 fully saturated rings. The van der Waals surface area contributed by atoms with Gasteiger partial charge >= 0.3 is 0 Å². The molecule has 1 aliphatic rings. The van der Waals surface area contributed by atoms with E-state index in [-0.39, 0.29) is 11.3 Å². The Morgan fingerprint density at radius 1 is 1.18 bits per heavy atom. The van der Waals surface area contributed by atoms with Crippen molar-refractivity contribution in [3.63, 3.8) is 0 Å². The van der Waals surface area contributed by atoms with Gasteiger partial charge in [0.15, 0.2) is 0 Å². The summed E-state index contributed by atoms with van der Waals surface area (Å²) in [6.45, 7) is 0.660. The second kappa shape index (κ2) is 8.41. The van der Waals surface area contributed by atoms with Crippen LogP contribution < -0.4 is 5.32 Å². The molecule has 1 N–H and O–H groups in total. The fourth-order valence-electron chi connectivity index (χ4n) is 3.93. The Morgan fingerprint density at radius 2 is 1.96 bits per heavy atom. The molecular weight excluding hydrogens is 390 g/mol. The zero-order chi connectivity index (χ0) is 19.4. The van der Waals surface area contributed by atoms with Crippen LogP contribution in [0.5, 0.6) is 0 Å². The molecule has 1 aliphatic carbocycles. The van der Waals surface area contributed by atoms with Crippen molar-refractivity contribution in [1.82, 2.24) is 15.3 Å². The summed E-state index contributed by atoms with van der Waals surface area (Å²) in [4.78, 5) is 21.3. The normalized spacial score (nSPS) is 15.5. The minimum Gasteiger partial charge on any atom is -0.355 e. The van der Waals surface area contributed by atoms with Gasteiger partial charge in [-0.2, -0.15) is 0 Å². The molecule has 0 spiro atoms. The first kappa shape index (κ1) is 19.1. The van der Waals surface area contributed by atoms with E-state index in [1.807, 2.05) is 29.6 Å². The first-order valence-corrected chi connectivity index (χ1v) is 10.8. The Morgan fingerprint density at radius 3 is 2.68 bits per heavy atom. The maximum Gasteiger partial charge on any atom is 0.226 e. The minimum absolute atomic E-state index is 0.0169. The predicted molar refractivity (Wildman–Crippen MR) is 114 cm³/mol. The average Bonchev–Trinajstić information content (AvgIpc) is 3.38. The third-order valence-electron chi connectivity index (χ3n) is 5.44. The number of carbonyl (C=O) groups is 1. The molecule has 1 aromatic carbocycles. The van der Waals surface area contributed by atoms with Crippen LogP contribution in [-0.4, -0.2) is 22.4 Å². The third-order valence-corrected chi connectivity index (χ3v) is 6.64. The lowest BCUT2D eigenvalue weighted by atomic mass is 9.79. The lowest BCUT2D eigenvalue weighted by Crippen LogP contribution is -2.39. The van der Waals surface area contributed by atoms with Gasteiger partial charge in [-0.05, 0) is 42.7 Å². The largest absolute Gasteiger partial charge is 0.355 e. The van der Waals surface area contributed by atoms with Crippen molar-refractivity contribution in [2.24, 2.45) is 0 Å². The van der Waals surface area contributed by atoms with Crippen molar-refractivity contribution in [2.75, 3.05) is 6.54 Å². The molecule has 3 aromatic rings. The van der Waals surface area contributed by atoms with Crippen LogP contribution in [0, 0.1) is 0 Å². The molecule has 0 bridgehead atoms. The number of rotatable bonds is 6. The Labute approximate surface area is 174 Å². The van der Waals surface area contributed by atoms with E-state index >= 15 is 0 Å². The van der Waals surface area contributed by atoms with E-state index < -0.39 is 0 Å². The van der Waals surface area contributed by atoms with Gasteiger partial charge in [-0.25, -0.2) is 4.98 Å². The molecule has 6 heteroatoms. The van der Waals surface area contributed by atoms with Crippen LogP contribution in [0.4, 0.5) is 0 Å². The molecule has 144 valence electrons. The number of nitrogens with one attached hydrogen (secondary N) is 1. The van der Waals surface area contributed by atoms with Gasteiger partial charge in [0, 0.05) is 40.3 Å². The number of aromatic nitrogens is 2. The fraction of sp³-hybridized carbons (Fsp3) is 0.318. The molecule has 1 amide bonds. The number of pyridine rings is 1. The van der Waals surface area contributed by atoms with Crippen LogP contribution in [0.15, 0.2) is 54.2 Å². The SMILES string of the molecule is O=C(Cc1csc(-c2cccnc2)n1)NCC1(c2ccc(Cl)cc2)CCCC1. The maximum atomic E-state index is 12.6. The number of hydrogen-bond acceptors (Lipinski definition) is 4. The van der Waals surface area contributed by atoms with Gasteiger partial charge in [-0.1, -0.05) is 36.6 Å². The maximum absolute atomic E-state index is 12.6. The highest BCUT2D eigenvalue weighted by Crippen LogP contribution is 2.41. The van der Waals surface area contributed by atoms with Crippen molar-refractivity contribution in [3.05, 3.63) is 70.5 Å². The summed E-state index contributed by atoms with van der Waals surface area (Å²) in [5.41, 5.74) is 3.06. The molecule has 0 aliphatic heterocycles. The minimum atomic E-state index is 0.0169. The molecule has 0 saturated heterocycles. The molecule has 28 heavy (non-hydrogen) atoms. The van der Waals surface area contributed by atoms with Crippen molar-refractivity contribution in [2.45, 2.75) is 37.5 Å². The van der Waals surface area contributed by atoms with E-state index in [9.17, 15) is 4.79 Å². The lowest BCUT2D eigenvalue weighted by Gasteiger charge is -2.30. The quantitative estimate of drug-likeness (QED) is 0.618. The monoisotopic (exact) mass is 411 g/mol. The topological polar surface area (TPSA) is 54.9 Å². The van der Waals surface area contributed by atoms with Crippen LogP contribution in [0.3, 0.4) is 0 Å². The molecule has 4 nitrogen and oxygen atoms in total. The van der Waals surface area contributed by atoms with Crippen LogP contribution in [0.2, 0.25) is 5.02 Å². The second-order valence-electron chi connectivity index (χ2n) is 7.33. The van der Waals surface area contributed by atoms with Crippen molar-refractivity contribution in [1.29, 1.82) is 0 Å². The van der Waals surface area contributed by atoms with Gasteiger partial charge < -0.3 is 5.32 Å². The molecule has 0 radical (unpaired) electrons. The highest BCUT2D eigenvalue weighted by molar-refractivity contribution is 7.13. The summed E-state index contributed by atoms with van der Waals surface area (Å²) in [6.07, 6.45) is 8.41. The fourth-order valence-corrected chi connectivity index (χ4v) is 4.86. The molecule has 0 atom stereocenters. The number of benzene rings is 1. The number of nitrogens with zero attached hydrogens (tertiary/aromatic N) is 2. The van der Waals surface area contributed by atoms with Gasteiger partial charge in [-0.3, -0.25) is 9.78 Å². The smallest absolute Gasteiger partial charge is 0.226 e. The average molecular weight is 412 g/mol. The van der Waals surface area contributed by atoms with Crippen molar-refractivity contribution < 1.29 is 4.79 Å². The first-order valence-electron chi connectivity index (χ1n) is 9.52. The Hall–Kier alpha value is -2.24. The summed E-state index contributed by atoms with van der Waals surface area (Å²) in [6, 6.07) is 11.9. The molecule has 1 saturated carbocycles. The lowest BCUT2D eigenvalue weighted by molar-refractivity contribution is -0.120. The highest BCUT2D eigenvalue weighted by atomic mass is 35.5. The van der Waals surface area contributed by atoms with Gasteiger partial charge in [0.2, 0.25) is 5.91 Å². The molecular formula is C22H22ClN3OS. The zero-order valence-electron chi connectivity index (χ0n) is 15.5. The summed E-state index contributed by atoms with van der Waals surface area (Å²) in [5.74, 6) is 0.0169. The van der Waals surface area contributed by atoms with Crippen molar-refractivity contribution in [3.8, 4) is 10.6 Å². The predicted octanol–water partition coefficient (Wildman–Crippen LogP) is 5.03. The first-order chi connectivity index (χ1) is 13.6. The number of amides is 1. The summed E-state index contributed by atoms with van der Waals surface area (Å²) < 4.78 is 0. The van der Waals surface area contributed by atoms with E-state index in [1.165, 1.54) is 18.4 Å². The van der Waals surface area contributed by atoms with Gasteiger partial charge in [0.25, 0.3) is 0 Å². The van der Waals surface area contributed by atoms with Crippen molar-refractivity contribution >= 4 is 28.8 Å². The van der Waals surface area contributed by atoms with E-state index in [4.69, 9.17) is 11.6 Å². The van der Waals surface area contributed by atoms with Gasteiger partial charge in [-0.15, -0.1) is 11.3 Å². The Kier molecular flexibility index (Phi) is 5.74. The van der Waals surface area contributed by atoms with E-state index in [2.05, 4.69) is 27.4 Å². The Balaban J connectivity index is 1.39. The highest BCUT2D eigenvalue weighted by Gasteiger charge is 2.35. The third kappa shape index (κ3) is 4.26. The summed E-state index contributed by atoms with van der Waals surface area (Å²) in [7, 11) is 0. The van der Waals surface area contributed by atoms with Gasteiger partial charge in [0.1, 0.15) is 5.01 Å². The standard InChI is InChI=1S/C22H22ClN3OS/c23-18-7-5-17(6-8-18)22(9-1-2-10-22)15-25-20(27)12-19-14-28-21(26-19)16-4-3-11-24-13-16/h3-8,11,13-14H,1-2,9-10,12,15H2,(H,25,27). The van der Waals surface area contributed by atoms with E-state index in [1.54, 1.807) is 23.7 Å². The van der Waals surface area contributed by atoms with E-state index in [0.29, 0.717) is 13.0 Å². The summed E-state index contributed by atoms with van der Waals surface area (Å²) in [5, 5.41) is 6.74. The van der Waals surface area contributed by atoms with Crippen LogP contribution in [0.1, 0.15) is 36.9 Å². The van der Waals surface area contributed by atoms with Crippen LogP contribution >= 0.6 is 22.9 Å². The van der Waals surface area contributed by atoms with Crippen LogP contribution in [0.25, 0.3) is 10.6 Å². The zero-order valence-corrected chi connectivity index (χ0v) is 17.1. The Bertz CT molecular complexity index is 934. The van der Waals surface area contributed by atoms with Gasteiger partial charge in [0.05, 0.1) is 12.1 Å².